The monoisotopic (exact) mass is 360 g/mol. The van der Waals surface area contributed by atoms with Crippen molar-refractivity contribution in [3.05, 3.63) is 44.9 Å². The maximum Gasteiger partial charge on any atom is 0.153 e. The lowest BCUT2D eigenvalue weighted by atomic mass is 10.0. The number of halogens is 3. The molecule has 0 spiro atoms. The van der Waals surface area contributed by atoms with Gasteiger partial charge in [0.25, 0.3) is 0 Å². The quantitative estimate of drug-likeness (QED) is 0.887. The summed E-state index contributed by atoms with van der Waals surface area (Å²) in [5, 5.41) is 11.3. The molecule has 1 atom stereocenters. The van der Waals surface area contributed by atoms with Crippen molar-refractivity contribution >= 4 is 27.5 Å². The third-order valence-corrected chi connectivity index (χ3v) is 3.85. The Morgan fingerprint density at radius 1 is 1.50 bits per heavy atom. The molecule has 2 aromatic rings. The van der Waals surface area contributed by atoms with Crippen LogP contribution in [0.25, 0.3) is 0 Å². The molecular weight excluding hydrogens is 347 g/mol. The van der Waals surface area contributed by atoms with Crippen LogP contribution in [0.3, 0.4) is 0 Å². The lowest BCUT2D eigenvalue weighted by Gasteiger charge is -2.20. The Labute approximate surface area is 130 Å². The first-order chi connectivity index (χ1) is 9.56. The number of rotatable bonds is 5. The van der Waals surface area contributed by atoms with Crippen LogP contribution >= 0.6 is 27.5 Å². The van der Waals surface area contributed by atoms with Gasteiger partial charge in [-0.1, -0.05) is 35.9 Å². The molecule has 0 saturated heterocycles. The summed E-state index contributed by atoms with van der Waals surface area (Å²) in [5.41, 5.74) is 1.25. The highest BCUT2D eigenvalue weighted by atomic mass is 79.9. The third kappa shape index (κ3) is 3.02. The minimum atomic E-state index is -0.420. The van der Waals surface area contributed by atoms with E-state index in [9.17, 15) is 4.39 Å². The van der Waals surface area contributed by atoms with E-state index in [0.29, 0.717) is 10.2 Å². The predicted molar refractivity (Wildman–Crippen MR) is 80.2 cm³/mol. The van der Waals surface area contributed by atoms with Gasteiger partial charge in [0.05, 0.1) is 16.8 Å². The molecule has 1 unspecified atom stereocenters. The molecule has 2 rings (SSSR count). The topological polar surface area (TPSA) is 42.7 Å². The molecular formula is C13H15BrClFN4. The van der Waals surface area contributed by atoms with Gasteiger partial charge < -0.3 is 5.32 Å². The van der Waals surface area contributed by atoms with Crippen LogP contribution in [0.4, 0.5) is 4.39 Å². The van der Waals surface area contributed by atoms with Crippen LogP contribution in [0, 0.1) is 5.82 Å². The van der Waals surface area contributed by atoms with Gasteiger partial charge in [-0.15, -0.1) is 5.10 Å². The van der Waals surface area contributed by atoms with E-state index in [4.69, 9.17) is 11.6 Å². The largest absolute Gasteiger partial charge is 0.305 e. The fraction of sp³-hybridized carbons (Fsp3) is 0.385. The second kappa shape index (κ2) is 6.65. The zero-order chi connectivity index (χ0) is 14.7. The Morgan fingerprint density at radius 3 is 2.85 bits per heavy atom. The summed E-state index contributed by atoms with van der Waals surface area (Å²) in [5.74, 6) is -0.420. The Balaban J connectivity index is 2.50. The molecule has 0 fully saturated rings. The number of aromatic nitrogens is 3. The van der Waals surface area contributed by atoms with Crippen molar-refractivity contribution in [3.63, 3.8) is 0 Å². The molecule has 0 bridgehead atoms. The number of hydrogen-bond donors (Lipinski definition) is 1. The molecule has 4 nitrogen and oxygen atoms in total. The molecule has 7 heteroatoms. The molecule has 0 aliphatic rings. The predicted octanol–water partition coefficient (Wildman–Crippen LogP) is 3.46. The third-order valence-electron chi connectivity index (χ3n) is 2.99. The molecule has 1 aromatic heterocycles. The highest BCUT2D eigenvalue weighted by Crippen LogP contribution is 2.30. The fourth-order valence-electron chi connectivity index (χ4n) is 2.03. The SMILES string of the molecule is CCCNC(c1cccc(Cl)c1F)c1c(Br)nnn1C. The van der Waals surface area contributed by atoms with E-state index in [-0.39, 0.29) is 11.1 Å². The van der Waals surface area contributed by atoms with Gasteiger partial charge in [-0.2, -0.15) is 0 Å². The molecule has 20 heavy (non-hydrogen) atoms. The number of nitrogens with zero attached hydrogens (tertiary/aromatic N) is 3. The summed E-state index contributed by atoms with van der Waals surface area (Å²) in [6.07, 6.45) is 0.932. The van der Waals surface area contributed by atoms with E-state index in [2.05, 4.69) is 38.5 Å². The van der Waals surface area contributed by atoms with Crippen molar-refractivity contribution in [1.29, 1.82) is 0 Å². The number of benzene rings is 1. The van der Waals surface area contributed by atoms with Gasteiger partial charge in [-0.3, -0.25) is 0 Å². The molecule has 1 heterocycles. The number of aryl methyl sites for hydroxylation is 1. The normalized spacial score (nSPS) is 12.7. The summed E-state index contributed by atoms with van der Waals surface area (Å²) in [6.45, 7) is 2.79. The maximum absolute atomic E-state index is 14.3. The van der Waals surface area contributed by atoms with E-state index < -0.39 is 5.82 Å². The Bertz CT molecular complexity index is 583. The summed E-state index contributed by atoms with van der Waals surface area (Å²) >= 11 is 9.24. The van der Waals surface area contributed by atoms with Crippen molar-refractivity contribution in [2.24, 2.45) is 7.05 Å². The van der Waals surface area contributed by atoms with Crippen molar-refractivity contribution in [2.75, 3.05) is 6.54 Å². The summed E-state index contributed by atoms with van der Waals surface area (Å²) < 4.78 is 16.5. The van der Waals surface area contributed by atoms with Crippen LogP contribution < -0.4 is 5.32 Å². The highest BCUT2D eigenvalue weighted by Gasteiger charge is 2.24. The van der Waals surface area contributed by atoms with Crippen LogP contribution in [0.1, 0.15) is 30.6 Å². The molecule has 0 radical (unpaired) electrons. The summed E-state index contributed by atoms with van der Waals surface area (Å²) in [7, 11) is 1.77. The second-order valence-electron chi connectivity index (χ2n) is 4.42. The van der Waals surface area contributed by atoms with Crippen molar-refractivity contribution in [1.82, 2.24) is 20.3 Å². The summed E-state index contributed by atoms with van der Waals surface area (Å²) in [4.78, 5) is 0. The van der Waals surface area contributed by atoms with Crippen LogP contribution in [0.2, 0.25) is 5.02 Å². The molecule has 0 saturated carbocycles. The zero-order valence-corrected chi connectivity index (χ0v) is 13.5. The van der Waals surface area contributed by atoms with Gasteiger partial charge in [0.15, 0.2) is 4.60 Å². The average Bonchev–Trinajstić information content (AvgIpc) is 2.75. The Kier molecular flexibility index (Phi) is 5.12. The standard InChI is InChI=1S/C13H15BrClFN4/c1-3-7-17-11(12-13(14)18-19-20(12)2)8-5-4-6-9(15)10(8)16/h4-6,11,17H,3,7H2,1-2H3. The average molecular weight is 362 g/mol. The van der Waals surface area contributed by atoms with E-state index in [1.165, 1.54) is 6.07 Å². The zero-order valence-electron chi connectivity index (χ0n) is 11.2. The minimum Gasteiger partial charge on any atom is -0.305 e. The Morgan fingerprint density at radius 2 is 2.25 bits per heavy atom. The van der Waals surface area contributed by atoms with Gasteiger partial charge in [0.2, 0.25) is 0 Å². The lowest BCUT2D eigenvalue weighted by Crippen LogP contribution is -2.26. The van der Waals surface area contributed by atoms with Crippen LogP contribution in [-0.4, -0.2) is 21.5 Å². The first-order valence-corrected chi connectivity index (χ1v) is 7.45. The van der Waals surface area contributed by atoms with E-state index in [0.717, 1.165) is 18.7 Å². The highest BCUT2D eigenvalue weighted by molar-refractivity contribution is 9.10. The van der Waals surface area contributed by atoms with E-state index in [1.807, 2.05) is 0 Å². The van der Waals surface area contributed by atoms with Crippen molar-refractivity contribution in [3.8, 4) is 0 Å². The molecule has 1 N–H and O–H groups in total. The van der Waals surface area contributed by atoms with Crippen molar-refractivity contribution < 1.29 is 4.39 Å². The van der Waals surface area contributed by atoms with Crippen LogP contribution in [-0.2, 0) is 7.05 Å². The maximum atomic E-state index is 14.3. The molecule has 108 valence electrons. The van der Waals surface area contributed by atoms with Gasteiger partial charge >= 0.3 is 0 Å². The van der Waals surface area contributed by atoms with Crippen LogP contribution in [0.5, 0.6) is 0 Å². The Hall–Kier alpha value is -0.980. The van der Waals surface area contributed by atoms with Crippen LogP contribution in [0.15, 0.2) is 22.8 Å². The van der Waals surface area contributed by atoms with Crippen molar-refractivity contribution in [2.45, 2.75) is 19.4 Å². The molecule has 0 amide bonds. The number of hydrogen-bond acceptors (Lipinski definition) is 3. The molecule has 1 aromatic carbocycles. The first kappa shape index (κ1) is 15.4. The lowest BCUT2D eigenvalue weighted by molar-refractivity contribution is 0.518. The van der Waals surface area contributed by atoms with E-state index in [1.54, 1.807) is 23.9 Å². The van der Waals surface area contributed by atoms with Gasteiger partial charge in [0.1, 0.15) is 5.82 Å². The smallest absolute Gasteiger partial charge is 0.153 e. The van der Waals surface area contributed by atoms with Gasteiger partial charge in [-0.25, -0.2) is 9.07 Å². The van der Waals surface area contributed by atoms with E-state index >= 15 is 0 Å². The molecule has 0 aliphatic heterocycles. The summed E-state index contributed by atoms with van der Waals surface area (Å²) in [6, 6.07) is 4.63. The molecule has 0 aliphatic carbocycles. The first-order valence-electron chi connectivity index (χ1n) is 6.28. The minimum absolute atomic E-state index is 0.108. The second-order valence-corrected chi connectivity index (χ2v) is 5.58. The van der Waals surface area contributed by atoms with Gasteiger partial charge in [0, 0.05) is 12.6 Å². The van der Waals surface area contributed by atoms with Gasteiger partial charge in [-0.05, 0) is 35.0 Å². The fourth-order valence-corrected chi connectivity index (χ4v) is 2.77. The number of nitrogens with one attached hydrogen (secondary N) is 1.